The highest BCUT2D eigenvalue weighted by Gasteiger charge is 2.12. The minimum Gasteiger partial charge on any atom is -0.494 e. The van der Waals surface area contributed by atoms with Gasteiger partial charge in [-0.2, -0.15) is 0 Å². The fourth-order valence-electron chi connectivity index (χ4n) is 2.49. The van der Waals surface area contributed by atoms with Crippen LogP contribution in [0, 0.1) is 5.92 Å². The molecule has 1 atom stereocenters. The van der Waals surface area contributed by atoms with Crippen LogP contribution in [0.15, 0.2) is 42.5 Å². The lowest BCUT2D eigenvalue weighted by molar-refractivity contribution is 0.340. The number of halogens is 1. The van der Waals surface area contributed by atoms with Crippen molar-refractivity contribution in [1.82, 2.24) is 0 Å². The van der Waals surface area contributed by atoms with E-state index in [0.29, 0.717) is 18.4 Å². The van der Waals surface area contributed by atoms with Crippen molar-refractivity contribution in [3.63, 3.8) is 0 Å². The summed E-state index contributed by atoms with van der Waals surface area (Å²) >= 11 is 6.39. The van der Waals surface area contributed by atoms with Gasteiger partial charge in [-0.05, 0) is 60.1 Å². The molecular weight excluding hydrogens is 292 g/mol. The molecule has 0 spiro atoms. The van der Waals surface area contributed by atoms with Gasteiger partial charge in [-0.25, -0.2) is 0 Å². The van der Waals surface area contributed by atoms with Gasteiger partial charge in [0.15, 0.2) is 0 Å². The maximum atomic E-state index is 6.39. The first-order chi connectivity index (χ1) is 10.5. The molecule has 0 aliphatic rings. The third kappa shape index (κ3) is 4.27. The molecule has 2 aromatic carbocycles. The Labute approximate surface area is 139 Å². The average molecular weight is 317 g/mol. The van der Waals surface area contributed by atoms with Gasteiger partial charge in [0.25, 0.3) is 0 Å². The highest BCUT2D eigenvalue weighted by atomic mass is 35.5. The van der Waals surface area contributed by atoms with E-state index >= 15 is 0 Å². The molecule has 22 heavy (non-hydrogen) atoms. The van der Waals surface area contributed by atoms with Gasteiger partial charge in [0.05, 0.1) is 6.61 Å². The molecule has 2 aromatic rings. The second-order valence-electron chi connectivity index (χ2n) is 6.14. The number of benzene rings is 2. The third-order valence-electron chi connectivity index (χ3n) is 4.22. The number of ether oxygens (including phenoxy) is 1. The lowest BCUT2D eigenvalue weighted by Gasteiger charge is -2.17. The van der Waals surface area contributed by atoms with Crippen molar-refractivity contribution in [3.05, 3.63) is 64.2 Å². The lowest BCUT2D eigenvalue weighted by Crippen LogP contribution is -2.03. The lowest BCUT2D eigenvalue weighted by atomic mass is 9.89. The first-order valence-corrected chi connectivity index (χ1v) is 8.39. The molecule has 0 aliphatic carbocycles. The fraction of sp³-hybridized carbons (Fsp3) is 0.400. The number of hydrogen-bond donors (Lipinski definition) is 0. The van der Waals surface area contributed by atoms with Crippen molar-refractivity contribution in [2.75, 3.05) is 6.61 Å². The van der Waals surface area contributed by atoms with E-state index in [4.69, 9.17) is 16.3 Å². The Morgan fingerprint density at radius 2 is 1.68 bits per heavy atom. The smallest absolute Gasteiger partial charge is 0.119 e. The predicted octanol–water partition coefficient (Wildman–Crippen LogP) is 6.09. The molecule has 0 saturated heterocycles. The molecule has 0 heterocycles. The van der Waals surface area contributed by atoms with Crippen molar-refractivity contribution in [2.45, 2.75) is 40.0 Å². The van der Waals surface area contributed by atoms with Crippen LogP contribution in [0.2, 0.25) is 5.02 Å². The van der Waals surface area contributed by atoms with Crippen LogP contribution >= 0.6 is 11.6 Å². The summed E-state index contributed by atoms with van der Waals surface area (Å²) in [5.41, 5.74) is 3.80. The van der Waals surface area contributed by atoms with Crippen molar-refractivity contribution in [3.8, 4) is 5.75 Å². The summed E-state index contributed by atoms with van der Waals surface area (Å²) in [5, 5.41) is 0.841. The summed E-state index contributed by atoms with van der Waals surface area (Å²) in [6.07, 6.45) is 0.851. The Bertz CT molecular complexity index is 602. The van der Waals surface area contributed by atoms with Gasteiger partial charge in [0.1, 0.15) is 5.75 Å². The van der Waals surface area contributed by atoms with Crippen LogP contribution in [0.1, 0.15) is 50.3 Å². The molecule has 0 aliphatic heterocycles. The molecule has 0 radical (unpaired) electrons. The molecule has 0 fully saturated rings. The Kier molecular flexibility index (Phi) is 5.90. The molecule has 2 heteroatoms. The van der Waals surface area contributed by atoms with Crippen LogP contribution < -0.4 is 4.74 Å². The first kappa shape index (κ1) is 16.9. The van der Waals surface area contributed by atoms with E-state index in [0.717, 1.165) is 17.2 Å². The maximum Gasteiger partial charge on any atom is 0.119 e. The summed E-state index contributed by atoms with van der Waals surface area (Å²) in [5.74, 6) is 2.08. The van der Waals surface area contributed by atoms with E-state index in [2.05, 4.69) is 45.0 Å². The van der Waals surface area contributed by atoms with E-state index in [1.807, 2.05) is 25.1 Å². The topological polar surface area (TPSA) is 9.23 Å². The highest BCUT2D eigenvalue weighted by molar-refractivity contribution is 6.31. The van der Waals surface area contributed by atoms with Crippen molar-refractivity contribution in [2.24, 2.45) is 5.92 Å². The van der Waals surface area contributed by atoms with Gasteiger partial charge in [0, 0.05) is 5.02 Å². The van der Waals surface area contributed by atoms with Gasteiger partial charge in [0.2, 0.25) is 0 Å². The summed E-state index contributed by atoms with van der Waals surface area (Å²) in [6, 6.07) is 14.7. The van der Waals surface area contributed by atoms with E-state index in [1.54, 1.807) is 0 Å². The summed E-state index contributed by atoms with van der Waals surface area (Å²) in [6.45, 7) is 9.47. The molecule has 1 nitrogen and oxygen atoms in total. The van der Waals surface area contributed by atoms with Crippen molar-refractivity contribution in [1.29, 1.82) is 0 Å². The second-order valence-corrected chi connectivity index (χ2v) is 6.54. The Balaban J connectivity index is 2.19. The van der Waals surface area contributed by atoms with Gasteiger partial charge in [-0.3, -0.25) is 0 Å². The monoisotopic (exact) mass is 316 g/mol. The second kappa shape index (κ2) is 7.69. The van der Waals surface area contributed by atoms with E-state index < -0.39 is 0 Å². The van der Waals surface area contributed by atoms with E-state index in [-0.39, 0.29) is 0 Å². The Morgan fingerprint density at radius 1 is 1.00 bits per heavy atom. The molecule has 118 valence electrons. The summed E-state index contributed by atoms with van der Waals surface area (Å²) < 4.78 is 5.49. The minimum absolute atomic E-state index is 0.538. The van der Waals surface area contributed by atoms with Crippen LogP contribution in [0.5, 0.6) is 5.75 Å². The van der Waals surface area contributed by atoms with E-state index in [1.165, 1.54) is 16.7 Å². The van der Waals surface area contributed by atoms with E-state index in [9.17, 15) is 0 Å². The van der Waals surface area contributed by atoms with Gasteiger partial charge in [-0.1, -0.05) is 56.6 Å². The zero-order valence-corrected chi connectivity index (χ0v) is 14.7. The standard InChI is InChI=1S/C20H25ClO/c1-5-22-19-9-6-16(7-10-19)12-18-13-17(8-11-20(18)21)15(4)14(2)3/h6-11,13-15H,5,12H2,1-4H3/t15-/m0/s1. The fourth-order valence-corrected chi connectivity index (χ4v) is 2.67. The van der Waals surface area contributed by atoms with Gasteiger partial charge < -0.3 is 4.74 Å². The van der Waals surface area contributed by atoms with Gasteiger partial charge in [-0.15, -0.1) is 0 Å². The average Bonchev–Trinajstić information content (AvgIpc) is 2.51. The number of rotatable bonds is 6. The third-order valence-corrected chi connectivity index (χ3v) is 4.59. The minimum atomic E-state index is 0.538. The highest BCUT2D eigenvalue weighted by Crippen LogP contribution is 2.29. The van der Waals surface area contributed by atoms with Crippen molar-refractivity contribution >= 4 is 11.6 Å². The predicted molar refractivity (Wildman–Crippen MR) is 95.1 cm³/mol. The quantitative estimate of drug-likeness (QED) is 0.626. The van der Waals surface area contributed by atoms with Gasteiger partial charge >= 0.3 is 0 Å². The molecule has 2 rings (SSSR count). The zero-order chi connectivity index (χ0) is 16.1. The molecule has 0 amide bonds. The Morgan fingerprint density at radius 3 is 2.27 bits per heavy atom. The molecular formula is C20H25ClO. The molecule has 0 N–H and O–H groups in total. The summed E-state index contributed by atoms with van der Waals surface area (Å²) in [4.78, 5) is 0. The van der Waals surface area contributed by atoms with Crippen LogP contribution in [0.4, 0.5) is 0 Å². The Hall–Kier alpha value is -1.47. The zero-order valence-electron chi connectivity index (χ0n) is 13.9. The summed E-state index contributed by atoms with van der Waals surface area (Å²) in [7, 11) is 0. The largest absolute Gasteiger partial charge is 0.494 e. The van der Waals surface area contributed by atoms with Crippen LogP contribution in [0.3, 0.4) is 0 Å². The molecule has 0 unspecified atom stereocenters. The SMILES string of the molecule is CCOc1ccc(Cc2cc([C@@H](C)C(C)C)ccc2Cl)cc1. The normalized spacial score (nSPS) is 12.5. The maximum absolute atomic E-state index is 6.39. The molecule has 0 aromatic heterocycles. The molecule has 0 saturated carbocycles. The van der Waals surface area contributed by atoms with Crippen molar-refractivity contribution < 1.29 is 4.74 Å². The van der Waals surface area contributed by atoms with Crippen LogP contribution in [-0.4, -0.2) is 6.61 Å². The van der Waals surface area contributed by atoms with Crippen LogP contribution in [-0.2, 0) is 6.42 Å². The number of hydrogen-bond acceptors (Lipinski definition) is 1. The van der Waals surface area contributed by atoms with Crippen LogP contribution in [0.25, 0.3) is 0 Å². The first-order valence-electron chi connectivity index (χ1n) is 8.01. The molecule has 0 bridgehead atoms.